The topological polar surface area (TPSA) is 50.8 Å². The number of carbonyl (C=O) groups excluding carboxylic acids is 1. The molecule has 0 spiro atoms. The average Bonchev–Trinajstić information content (AvgIpc) is 2.90. The average molecular weight is 366 g/mol. The molecule has 4 fully saturated rings. The number of nitrogens with one attached hydrogen (secondary N) is 1. The Morgan fingerprint density at radius 3 is 2.15 bits per heavy atom. The van der Waals surface area contributed by atoms with Crippen molar-refractivity contribution in [1.82, 2.24) is 9.13 Å². The third-order valence-electron chi connectivity index (χ3n) is 7.64. The lowest BCUT2D eigenvalue weighted by molar-refractivity contribution is -0.144. The van der Waals surface area contributed by atoms with Gasteiger partial charge in [-0.25, -0.2) is 0 Å². The van der Waals surface area contributed by atoms with Crippen LogP contribution in [0.25, 0.3) is 11.0 Å². The van der Waals surface area contributed by atoms with Gasteiger partial charge in [-0.15, -0.1) is 0 Å². The van der Waals surface area contributed by atoms with Gasteiger partial charge in [-0.3, -0.25) is 10.2 Å². The number of aryl methyl sites for hydroxylation is 1. The van der Waals surface area contributed by atoms with Gasteiger partial charge in [-0.2, -0.15) is 0 Å². The fourth-order valence-corrected chi connectivity index (χ4v) is 6.76. The predicted molar refractivity (Wildman–Crippen MR) is 106 cm³/mol. The van der Waals surface area contributed by atoms with E-state index < -0.39 is 0 Å². The Hall–Kier alpha value is -1.84. The maximum absolute atomic E-state index is 13.6. The molecule has 0 unspecified atom stereocenters. The van der Waals surface area contributed by atoms with Gasteiger partial charge in [0, 0.05) is 12.0 Å². The molecule has 1 N–H and O–H groups in total. The number of benzene rings is 1. The molecule has 6 rings (SSSR count). The van der Waals surface area contributed by atoms with Gasteiger partial charge < -0.3 is 9.13 Å². The largest absolute Gasteiger partial charge is 0.310 e. The number of ketones is 1. The second-order valence-electron chi connectivity index (χ2n) is 9.52. The number of fused-ring (bicyclic) bond motifs is 1. The highest BCUT2D eigenvalue weighted by atomic mass is 16.1. The molecule has 4 saturated carbocycles. The second-order valence-corrected chi connectivity index (χ2v) is 9.52. The van der Waals surface area contributed by atoms with Crippen LogP contribution in [0, 0.1) is 28.6 Å². The number of imidazole rings is 1. The van der Waals surface area contributed by atoms with Crippen LogP contribution < -0.4 is 5.62 Å². The normalized spacial score (nSPS) is 31.7. The van der Waals surface area contributed by atoms with Crippen LogP contribution in [0.4, 0.5) is 0 Å². The Kier molecular flexibility index (Phi) is 4.06. The molecule has 4 aliphatic rings. The smallest absolute Gasteiger partial charge is 0.203 e. The highest BCUT2D eigenvalue weighted by molar-refractivity contribution is 5.87. The van der Waals surface area contributed by atoms with Crippen LogP contribution in [0.1, 0.15) is 58.3 Å². The summed E-state index contributed by atoms with van der Waals surface area (Å²) in [6, 6.07) is 8.23. The Morgan fingerprint density at radius 2 is 1.59 bits per heavy atom. The van der Waals surface area contributed by atoms with Gasteiger partial charge in [0.1, 0.15) is 0 Å². The summed E-state index contributed by atoms with van der Waals surface area (Å²) < 4.78 is 4.07. The molecular weight excluding hydrogens is 334 g/mol. The van der Waals surface area contributed by atoms with Crippen molar-refractivity contribution < 1.29 is 4.79 Å². The van der Waals surface area contributed by atoms with Crippen molar-refractivity contribution >= 4 is 16.8 Å². The molecule has 27 heavy (non-hydrogen) atoms. The summed E-state index contributed by atoms with van der Waals surface area (Å²) in [6.07, 6.45) is 9.59. The number of Topliss-reactive ketones (excluding diaryl/α,β-unsaturated/α-hetero) is 1. The van der Waals surface area contributed by atoms with Crippen molar-refractivity contribution in [2.45, 2.75) is 71.4 Å². The van der Waals surface area contributed by atoms with Crippen LogP contribution in [-0.2, 0) is 17.9 Å². The number of rotatable bonds is 6. The Morgan fingerprint density at radius 1 is 1.04 bits per heavy atom. The second kappa shape index (κ2) is 6.35. The number of hydrogen-bond donors (Lipinski definition) is 1. The van der Waals surface area contributed by atoms with Gasteiger partial charge in [0.2, 0.25) is 5.62 Å². The van der Waals surface area contributed by atoms with Crippen LogP contribution >= 0.6 is 0 Å². The summed E-state index contributed by atoms with van der Waals surface area (Å²) in [7, 11) is 0. The molecule has 0 radical (unpaired) electrons. The van der Waals surface area contributed by atoms with Crippen molar-refractivity contribution in [1.29, 1.82) is 5.41 Å². The highest BCUT2D eigenvalue weighted by Crippen LogP contribution is 2.60. The number of nitrogens with zero attached hydrogens (tertiary/aromatic N) is 2. The number of aromatic nitrogens is 2. The SMILES string of the molecule is CCCCn1c(=N)n(CC(=O)C23CC4CC(CC(C4)C2)C3)c2ccccc21. The van der Waals surface area contributed by atoms with E-state index in [2.05, 4.69) is 23.6 Å². The van der Waals surface area contributed by atoms with Gasteiger partial charge in [-0.1, -0.05) is 25.5 Å². The fraction of sp³-hybridized carbons (Fsp3) is 0.652. The molecule has 2 aromatic rings. The van der Waals surface area contributed by atoms with Gasteiger partial charge in [0.15, 0.2) is 5.78 Å². The highest BCUT2D eigenvalue weighted by Gasteiger charge is 2.54. The molecule has 0 atom stereocenters. The summed E-state index contributed by atoms with van der Waals surface area (Å²) in [4.78, 5) is 13.6. The summed E-state index contributed by atoms with van der Waals surface area (Å²) >= 11 is 0. The molecule has 0 aliphatic heterocycles. The molecule has 4 heteroatoms. The monoisotopic (exact) mass is 365 g/mol. The summed E-state index contributed by atoms with van der Waals surface area (Å²) in [5, 5.41) is 8.76. The molecule has 144 valence electrons. The zero-order valence-electron chi connectivity index (χ0n) is 16.4. The minimum atomic E-state index is -0.0825. The third kappa shape index (κ3) is 2.71. The first-order valence-electron chi connectivity index (χ1n) is 10.9. The zero-order chi connectivity index (χ0) is 18.6. The lowest BCUT2D eigenvalue weighted by atomic mass is 9.48. The summed E-state index contributed by atoms with van der Waals surface area (Å²) in [5.41, 5.74) is 2.54. The van der Waals surface area contributed by atoms with Crippen LogP contribution in [0.15, 0.2) is 24.3 Å². The van der Waals surface area contributed by atoms with Crippen molar-refractivity contribution in [3.8, 4) is 0 Å². The van der Waals surface area contributed by atoms with E-state index in [0.29, 0.717) is 17.9 Å². The van der Waals surface area contributed by atoms with Crippen molar-refractivity contribution in [2.24, 2.45) is 23.2 Å². The van der Waals surface area contributed by atoms with E-state index in [0.717, 1.165) is 67.4 Å². The minimum Gasteiger partial charge on any atom is -0.310 e. The minimum absolute atomic E-state index is 0.0825. The molecule has 1 aromatic carbocycles. The standard InChI is InChI=1S/C23H31N3O/c1-2-3-8-25-19-6-4-5-7-20(19)26(22(25)24)15-21(27)23-12-16-9-17(13-23)11-18(10-16)14-23/h4-7,16-18,24H,2-3,8-15H2,1H3. The Labute approximate surface area is 161 Å². The molecule has 4 bridgehead atoms. The Bertz CT molecular complexity index is 899. The maximum Gasteiger partial charge on any atom is 0.203 e. The number of unbranched alkanes of at least 4 members (excludes halogenated alkanes) is 1. The van der Waals surface area contributed by atoms with E-state index in [1.54, 1.807) is 0 Å². The molecule has 1 heterocycles. The lowest BCUT2D eigenvalue weighted by Crippen LogP contribution is -2.51. The van der Waals surface area contributed by atoms with E-state index in [1.165, 1.54) is 19.3 Å². The molecule has 0 amide bonds. The van der Waals surface area contributed by atoms with Crippen LogP contribution in [0.2, 0.25) is 0 Å². The maximum atomic E-state index is 13.6. The van der Waals surface area contributed by atoms with Crippen LogP contribution in [-0.4, -0.2) is 14.9 Å². The van der Waals surface area contributed by atoms with Crippen molar-refractivity contribution in [3.63, 3.8) is 0 Å². The quantitative estimate of drug-likeness (QED) is 0.804. The van der Waals surface area contributed by atoms with Crippen LogP contribution in [0.3, 0.4) is 0 Å². The lowest BCUT2D eigenvalue weighted by Gasteiger charge is -2.56. The third-order valence-corrected chi connectivity index (χ3v) is 7.64. The first kappa shape index (κ1) is 17.3. The molecule has 4 aliphatic carbocycles. The van der Waals surface area contributed by atoms with Crippen molar-refractivity contribution in [2.75, 3.05) is 0 Å². The predicted octanol–water partition coefficient (Wildman–Crippen LogP) is 4.51. The van der Waals surface area contributed by atoms with E-state index >= 15 is 0 Å². The van der Waals surface area contributed by atoms with Gasteiger partial charge in [0.05, 0.1) is 17.6 Å². The van der Waals surface area contributed by atoms with Gasteiger partial charge in [-0.05, 0) is 74.8 Å². The first-order chi connectivity index (χ1) is 13.1. The van der Waals surface area contributed by atoms with E-state index in [4.69, 9.17) is 5.41 Å². The molecule has 4 nitrogen and oxygen atoms in total. The fourth-order valence-electron chi connectivity index (χ4n) is 6.76. The first-order valence-corrected chi connectivity index (χ1v) is 10.9. The number of hydrogen-bond acceptors (Lipinski definition) is 2. The summed E-state index contributed by atoms with van der Waals surface area (Å²) in [6.45, 7) is 3.42. The number of carbonyl (C=O) groups is 1. The van der Waals surface area contributed by atoms with Gasteiger partial charge in [0.25, 0.3) is 0 Å². The van der Waals surface area contributed by atoms with E-state index in [-0.39, 0.29) is 5.41 Å². The molecule has 0 saturated heterocycles. The van der Waals surface area contributed by atoms with Gasteiger partial charge >= 0.3 is 0 Å². The zero-order valence-corrected chi connectivity index (χ0v) is 16.4. The summed E-state index contributed by atoms with van der Waals surface area (Å²) in [5.74, 6) is 2.75. The van der Waals surface area contributed by atoms with Crippen LogP contribution in [0.5, 0.6) is 0 Å². The Balaban J connectivity index is 1.49. The number of para-hydroxylation sites is 2. The molecular formula is C23H31N3O. The molecule has 1 aromatic heterocycles. The van der Waals surface area contributed by atoms with Crippen molar-refractivity contribution in [3.05, 3.63) is 29.9 Å². The van der Waals surface area contributed by atoms with E-state index in [9.17, 15) is 4.79 Å². The van der Waals surface area contributed by atoms with E-state index in [1.807, 2.05) is 16.7 Å².